The Morgan fingerprint density at radius 1 is 1.21 bits per heavy atom. The zero-order valence-corrected chi connectivity index (χ0v) is 11.0. The topological polar surface area (TPSA) is 69.3 Å². The number of nitrogens with one attached hydrogen (secondary N) is 2. The molecule has 0 spiro atoms. The van der Waals surface area contributed by atoms with E-state index in [-0.39, 0.29) is 5.69 Å². The lowest BCUT2D eigenvalue weighted by Gasteiger charge is -2.00. The lowest BCUT2D eigenvalue weighted by atomic mass is 10.4. The summed E-state index contributed by atoms with van der Waals surface area (Å²) in [5, 5.41) is 13.7. The number of aromatic nitrogens is 1. The van der Waals surface area contributed by atoms with Gasteiger partial charge in [0.2, 0.25) is 0 Å². The molecule has 0 aliphatic carbocycles. The minimum atomic E-state index is -0.425. The molecular weight excluding hydrogens is 262 g/mol. The molecule has 0 saturated carbocycles. The Morgan fingerprint density at radius 3 is 2.63 bits per heavy atom. The van der Waals surface area contributed by atoms with Gasteiger partial charge in [-0.25, -0.2) is 4.98 Å². The predicted molar refractivity (Wildman–Crippen MR) is 75.3 cm³/mol. The van der Waals surface area contributed by atoms with Gasteiger partial charge in [-0.2, -0.15) is 0 Å². The van der Waals surface area contributed by atoms with E-state index in [0.717, 1.165) is 18.1 Å². The van der Waals surface area contributed by atoms with Crippen molar-refractivity contribution in [2.24, 2.45) is 0 Å². The summed E-state index contributed by atoms with van der Waals surface area (Å²) in [6, 6.07) is 13.3. The number of thioether (sulfide) groups is 1. The third-order valence-electron chi connectivity index (χ3n) is 2.44. The lowest BCUT2D eigenvalue weighted by molar-refractivity contribution is -0.413. The SMILES string of the molecule is O=[N+]([O-])c1ccc(NCCSc2ccccc2)[nH+]c1. The number of anilines is 1. The molecule has 19 heavy (non-hydrogen) atoms. The van der Waals surface area contributed by atoms with E-state index in [1.165, 1.54) is 17.2 Å². The van der Waals surface area contributed by atoms with Gasteiger partial charge < -0.3 is 0 Å². The number of nitrogens with zero attached hydrogens (tertiary/aromatic N) is 1. The van der Waals surface area contributed by atoms with E-state index in [2.05, 4.69) is 22.4 Å². The molecule has 2 aromatic rings. The van der Waals surface area contributed by atoms with Crippen LogP contribution in [0.4, 0.5) is 11.5 Å². The van der Waals surface area contributed by atoms with Gasteiger partial charge in [0.15, 0.2) is 6.20 Å². The number of pyridine rings is 1. The van der Waals surface area contributed by atoms with E-state index in [9.17, 15) is 10.1 Å². The molecule has 0 amide bonds. The molecular formula is C13H14N3O2S+. The normalized spacial score (nSPS) is 10.1. The van der Waals surface area contributed by atoms with Crippen LogP contribution in [0.1, 0.15) is 0 Å². The van der Waals surface area contributed by atoms with Crippen LogP contribution in [0.3, 0.4) is 0 Å². The highest BCUT2D eigenvalue weighted by Crippen LogP contribution is 2.16. The number of H-pyrrole nitrogens is 1. The van der Waals surface area contributed by atoms with Crippen molar-refractivity contribution in [2.45, 2.75) is 4.90 Å². The smallest absolute Gasteiger partial charge is 0.274 e. The largest absolute Gasteiger partial charge is 0.308 e. The maximum atomic E-state index is 10.5. The van der Waals surface area contributed by atoms with Crippen LogP contribution in [0.15, 0.2) is 53.6 Å². The molecule has 0 unspecified atom stereocenters. The molecule has 0 atom stereocenters. The van der Waals surface area contributed by atoms with Crippen molar-refractivity contribution in [2.75, 3.05) is 17.6 Å². The number of benzene rings is 1. The van der Waals surface area contributed by atoms with Crippen LogP contribution in [0.5, 0.6) is 0 Å². The van der Waals surface area contributed by atoms with Gasteiger partial charge in [0.25, 0.3) is 5.82 Å². The Bertz CT molecular complexity index is 531. The number of hydrogen-bond acceptors (Lipinski definition) is 4. The highest BCUT2D eigenvalue weighted by atomic mass is 32.2. The van der Waals surface area contributed by atoms with Crippen LogP contribution in [-0.2, 0) is 0 Å². The molecule has 2 N–H and O–H groups in total. The standard InChI is InChI=1S/C13H13N3O2S/c17-16(18)11-6-7-13(15-10-11)14-8-9-19-12-4-2-1-3-5-12/h1-7,10H,8-9H2,(H,14,15)/p+1. The molecule has 0 fully saturated rings. The third kappa shape index (κ3) is 4.26. The molecule has 1 aromatic carbocycles. The van der Waals surface area contributed by atoms with E-state index in [4.69, 9.17) is 0 Å². The summed E-state index contributed by atoms with van der Waals surface area (Å²) in [6.45, 7) is 0.786. The van der Waals surface area contributed by atoms with Crippen LogP contribution in [0.2, 0.25) is 0 Å². The fraction of sp³-hybridized carbons (Fsp3) is 0.154. The van der Waals surface area contributed by atoms with Crippen molar-refractivity contribution in [1.29, 1.82) is 0 Å². The summed E-state index contributed by atoms with van der Waals surface area (Å²) in [7, 11) is 0. The van der Waals surface area contributed by atoms with Gasteiger partial charge in [-0.3, -0.25) is 15.4 Å². The van der Waals surface area contributed by atoms with Crippen molar-refractivity contribution >= 4 is 23.3 Å². The molecule has 0 aliphatic heterocycles. The van der Waals surface area contributed by atoms with Crippen molar-refractivity contribution in [3.63, 3.8) is 0 Å². The summed E-state index contributed by atoms with van der Waals surface area (Å²) in [6.07, 6.45) is 1.38. The van der Waals surface area contributed by atoms with Crippen molar-refractivity contribution in [3.8, 4) is 0 Å². The molecule has 1 aromatic heterocycles. The van der Waals surface area contributed by atoms with Crippen LogP contribution >= 0.6 is 11.8 Å². The molecule has 98 valence electrons. The number of hydrogen-bond donors (Lipinski definition) is 1. The van der Waals surface area contributed by atoms with E-state index in [1.54, 1.807) is 17.8 Å². The Kier molecular flexibility index (Phi) is 4.74. The monoisotopic (exact) mass is 276 g/mol. The van der Waals surface area contributed by atoms with Gasteiger partial charge in [-0.1, -0.05) is 18.2 Å². The summed E-state index contributed by atoms with van der Waals surface area (Å²) < 4.78 is 0. The number of aromatic amines is 1. The highest BCUT2D eigenvalue weighted by Gasteiger charge is 2.08. The quantitative estimate of drug-likeness (QED) is 0.381. The van der Waals surface area contributed by atoms with Crippen molar-refractivity contribution in [3.05, 3.63) is 58.8 Å². The maximum Gasteiger partial charge on any atom is 0.308 e. The first-order chi connectivity index (χ1) is 9.25. The predicted octanol–water partition coefficient (Wildman–Crippen LogP) is 2.61. The molecule has 2 rings (SSSR count). The molecule has 0 bridgehead atoms. The zero-order chi connectivity index (χ0) is 13.5. The highest BCUT2D eigenvalue weighted by molar-refractivity contribution is 7.99. The average molecular weight is 276 g/mol. The number of rotatable bonds is 6. The molecule has 6 heteroatoms. The third-order valence-corrected chi connectivity index (χ3v) is 3.45. The van der Waals surface area contributed by atoms with Crippen LogP contribution < -0.4 is 10.3 Å². The van der Waals surface area contributed by atoms with E-state index < -0.39 is 4.92 Å². The van der Waals surface area contributed by atoms with Crippen LogP contribution in [0.25, 0.3) is 0 Å². The second-order valence-electron chi connectivity index (χ2n) is 3.81. The minimum Gasteiger partial charge on any atom is -0.274 e. The Labute approximate surface area is 115 Å². The molecule has 1 heterocycles. The van der Waals surface area contributed by atoms with Crippen LogP contribution in [-0.4, -0.2) is 17.2 Å². The molecule has 0 radical (unpaired) electrons. The van der Waals surface area contributed by atoms with Gasteiger partial charge in [-0.05, 0) is 12.1 Å². The number of nitro groups is 1. The van der Waals surface area contributed by atoms with Gasteiger partial charge in [0.05, 0.1) is 11.5 Å². The van der Waals surface area contributed by atoms with E-state index >= 15 is 0 Å². The fourth-order valence-electron chi connectivity index (χ4n) is 1.51. The second kappa shape index (κ2) is 6.75. The van der Waals surface area contributed by atoms with Gasteiger partial charge in [0.1, 0.15) is 0 Å². The molecule has 5 nitrogen and oxygen atoms in total. The molecule has 0 saturated heterocycles. The van der Waals surface area contributed by atoms with Gasteiger partial charge in [-0.15, -0.1) is 11.8 Å². The van der Waals surface area contributed by atoms with Crippen LogP contribution in [0, 0.1) is 10.1 Å². The Hall–Kier alpha value is -2.08. The summed E-state index contributed by atoms with van der Waals surface area (Å²) in [5.41, 5.74) is 0.0595. The lowest BCUT2D eigenvalue weighted by Crippen LogP contribution is -2.15. The Morgan fingerprint density at radius 2 is 2.00 bits per heavy atom. The first-order valence-electron chi connectivity index (χ1n) is 5.83. The molecule has 0 aliphatic rings. The van der Waals surface area contributed by atoms with E-state index in [0.29, 0.717) is 0 Å². The summed E-state index contributed by atoms with van der Waals surface area (Å²) >= 11 is 1.76. The Balaban J connectivity index is 1.75. The van der Waals surface area contributed by atoms with E-state index in [1.807, 2.05) is 18.2 Å². The second-order valence-corrected chi connectivity index (χ2v) is 4.97. The zero-order valence-electron chi connectivity index (χ0n) is 10.2. The van der Waals surface area contributed by atoms with Crippen molar-refractivity contribution in [1.82, 2.24) is 0 Å². The first-order valence-corrected chi connectivity index (χ1v) is 6.82. The van der Waals surface area contributed by atoms with Gasteiger partial charge in [0, 0.05) is 22.8 Å². The maximum absolute atomic E-state index is 10.5. The summed E-state index contributed by atoms with van der Waals surface area (Å²) in [4.78, 5) is 14.2. The first kappa shape index (κ1) is 13.4. The van der Waals surface area contributed by atoms with Gasteiger partial charge >= 0.3 is 5.69 Å². The minimum absolute atomic E-state index is 0.0595. The average Bonchev–Trinajstić information content (AvgIpc) is 2.45. The summed E-state index contributed by atoms with van der Waals surface area (Å²) in [5.74, 6) is 1.70. The fourth-order valence-corrected chi connectivity index (χ4v) is 2.30. The van der Waals surface area contributed by atoms with Crippen molar-refractivity contribution < 1.29 is 9.91 Å².